The number of halogens is 1. The van der Waals surface area contributed by atoms with Gasteiger partial charge < -0.3 is 44.6 Å². The molecule has 2 aliphatic rings. The molecule has 0 spiro atoms. The molecule has 4 heterocycles. The van der Waals surface area contributed by atoms with E-state index in [2.05, 4.69) is 36.0 Å². The zero-order valence-electron chi connectivity index (χ0n) is 21.1. The molecule has 7 N–H and O–H groups in total. The highest BCUT2D eigenvalue weighted by Gasteiger charge is 2.51. The van der Waals surface area contributed by atoms with Crippen LogP contribution in [0.15, 0.2) is 12.3 Å². The summed E-state index contributed by atoms with van der Waals surface area (Å²) < 4.78 is 30.2. The number of aliphatic hydroxyl groups excluding tert-OH is 3. The zero-order chi connectivity index (χ0) is 28.5. The predicted molar refractivity (Wildman–Crippen MR) is 136 cm³/mol. The minimum absolute atomic E-state index is 0.112. The lowest BCUT2D eigenvalue weighted by molar-refractivity contribution is -0.131. The van der Waals surface area contributed by atoms with Crippen molar-refractivity contribution in [1.82, 2.24) is 35.4 Å². The van der Waals surface area contributed by atoms with Crippen molar-refractivity contribution in [2.75, 3.05) is 25.1 Å². The van der Waals surface area contributed by atoms with Gasteiger partial charge in [-0.25, -0.2) is 9.67 Å². The molecule has 19 heteroatoms. The van der Waals surface area contributed by atoms with Crippen molar-refractivity contribution in [3.63, 3.8) is 0 Å². The maximum atomic E-state index is 12.3. The van der Waals surface area contributed by atoms with Crippen LogP contribution in [0.5, 0.6) is 0 Å². The van der Waals surface area contributed by atoms with E-state index in [0.29, 0.717) is 16.7 Å². The molecular weight excluding hydrogens is 575 g/mol. The predicted octanol–water partition coefficient (Wildman–Crippen LogP) is -0.329. The number of nitrogens with zero attached hydrogens (tertiary/aromatic N) is 6. The number of fused-ring (bicyclic) bond motifs is 1. The summed E-state index contributed by atoms with van der Waals surface area (Å²) in [6, 6.07) is 1.81. The van der Waals surface area contributed by atoms with Gasteiger partial charge in [0, 0.05) is 12.1 Å². The van der Waals surface area contributed by atoms with Crippen molar-refractivity contribution in [3.8, 4) is 0 Å². The number of aliphatic hydroxyl groups is 3. The monoisotopic (exact) mass is 604 g/mol. The van der Waals surface area contributed by atoms with E-state index in [4.69, 9.17) is 25.8 Å². The lowest BCUT2D eigenvalue weighted by Crippen LogP contribution is -2.45. The molecule has 1 saturated carbocycles. The number of tetrazole rings is 1. The number of hydrogen-bond acceptors (Lipinski definition) is 13. The maximum absolute atomic E-state index is 12.3. The third-order valence-electron chi connectivity index (χ3n) is 7.08. The SMILES string of the molecule is O=P(O)(O)C(CO)(COCc1nn[nH]n1)OCC1O[C@@H](n2ncc3c(NC4CCCC4)nc(Cl)cc32)[C@H](O)[C@@H]1O. The molecule has 0 bridgehead atoms. The molecule has 1 saturated heterocycles. The lowest BCUT2D eigenvalue weighted by Gasteiger charge is -2.33. The second kappa shape index (κ2) is 11.9. The molecule has 220 valence electrons. The average Bonchev–Trinajstić information content (AvgIpc) is 3.71. The Hall–Kier alpha value is -2.31. The van der Waals surface area contributed by atoms with E-state index in [1.165, 1.54) is 4.68 Å². The molecule has 5 atom stereocenters. The summed E-state index contributed by atoms with van der Waals surface area (Å²) in [5.41, 5.74) is 0.494. The Bertz CT molecular complexity index is 1340. The first-order valence-corrected chi connectivity index (χ1v) is 14.5. The number of hydrogen-bond donors (Lipinski definition) is 7. The summed E-state index contributed by atoms with van der Waals surface area (Å²) in [7, 11) is -5.13. The van der Waals surface area contributed by atoms with Crippen LogP contribution in [0.2, 0.25) is 5.15 Å². The summed E-state index contributed by atoms with van der Waals surface area (Å²) in [5, 5.41) is 50.4. The van der Waals surface area contributed by atoms with Crippen LogP contribution >= 0.6 is 19.2 Å². The van der Waals surface area contributed by atoms with Crippen LogP contribution in [-0.2, 0) is 25.4 Å². The highest BCUT2D eigenvalue weighted by molar-refractivity contribution is 7.53. The third kappa shape index (κ3) is 5.85. The van der Waals surface area contributed by atoms with Gasteiger partial charge in [0.15, 0.2) is 12.1 Å². The summed E-state index contributed by atoms with van der Waals surface area (Å²) >= 11 is 6.28. The minimum Gasteiger partial charge on any atom is -0.393 e. The summed E-state index contributed by atoms with van der Waals surface area (Å²) in [6.45, 7) is -2.75. The molecule has 1 aliphatic heterocycles. The first kappa shape index (κ1) is 29.2. The second-order valence-corrected chi connectivity index (χ2v) is 12.1. The number of aromatic nitrogens is 7. The van der Waals surface area contributed by atoms with Crippen LogP contribution < -0.4 is 5.32 Å². The van der Waals surface area contributed by atoms with E-state index in [1.54, 1.807) is 12.3 Å². The minimum atomic E-state index is -5.13. The molecule has 2 fully saturated rings. The van der Waals surface area contributed by atoms with E-state index < -0.39 is 57.3 Å². The fourth-order valence-electron chi connectivity index (χ4n) is 4.83. The standard InChI is InChI=1S/C21H30ClN8O9P/c22-15-5-13-12(19(25-15)24-11-3-1-2-4-11)6-23-30(13)20-18(33)17(32)14(39-20)7-38-21(9-31,40(34,35)36)10-37-8-16-26-28-29-27-16/h5-6,11,14,17-18,20,31-33H,1-4,7-10H2,(H,24,25)(H2,34,35,36)(H,26,27,28,29)/t14?,17-,18-,20-,21?/m1/s1. The van der Waals surface area contributed by atoms with E-state index in [-0.39, 0.29) is 23.6 Å². The molecule has 40 heavy (non-hydrogen) atoms. The van der Waals surface area contributed by atoms with Crippen LogP contribution in [0.25, 0.3) is 10.9 Å². The summed E-state index contributed by atoms with van der Waals surface area (Å²) in [6.07, 6.45) is 0.364. The van der Waals surface area contributed by atoms with Gasteiger partial charge in [-0.2, -0.15) is 10.3 Å². The second-order valence-electron chi connectivity index (χ2n) is 9.77. The Labute approximate surface area is 231 Å². The number of nitrogens with one attached hydrogen (secondary N) is 2. The van der Waals surface area contributed by atoms with Gasteiger partial charge in [-0.3, -0.25) is 4.57 Å². The van der Waals surface area contributed by atoms with Crippen LogP contribution in [0.1, 0.15) is 37.7 Å². The van der Waals surface area contributed by atoms with Gasteiger partial charge in [0.2, 0.25) is 5.34 Å². The van der Waals surface area contributed by atoms with Gasteiger partial charge >= 0.3 is 7.60 Å². The quantitative estimate of drug-likeness (QED) is 0.103. The maximum Gasteiger partial charge on any atom is 0.361 e. The topological polar surface area (TPSA) is 243 Å². The van der Waals surface area contributed by atoms with Gasteiger partial charge in [-0.15, -0.1) is 10.2 Å². The average molecular weight is 605 g/mol. The van der Waals surface area contributed by atoms with Crippen molar-refractivity contribution in [1.29, 1.82) is 0 Å². The van der Waals surface area contributed by atoms with E-state index in [9.17, 15) is 29.7 Å². The van der Waals surface area contributed by atoms with Crippen molar-refractivity contribution >= 4 is 35.9 Å². The third-order valence-corrected chi connectivity index (χ3v) is 8.73. The number of H-pyrrole nitrogens is 1. The lowest BCUT2D eigenvalue weighted by atomic mass is 10.1. The van der Waals surface area contributed by atoms with Crippen LogP contribution in [0, 0.1) is 0 Å². The Morgan fingerprint density at radius 3 is 2.73 bits per heavy atom. The molecule has 0 amide bonds. The first-order chi connectivity index (χ1) is 19.1. The van der Waals surface area contributed by atoms with Crippen molar-refractivity contribution < 1.29 is 43.9 Å². The van der Waals surface area contributed by atoms with E-state index in [0.717, 1.165) is 25.7 Å². The van der Waals surface area contributed by atoms with Gasteiger partial charge in [0.05, 0.1) is 36.9 Å². The molecule has 0 aromatic carbocycles. The normalized spacial score (nSPS) is 25.6. The molecular formula is C21H30ClN8O9P. The van der Waals surface area contributed by atoms with Crippen LogP contribution in [0.4, 0.5) is 5.82 Å². The van der Waals surface area contributed by atoms with Gasteiger partial charge in [0.1, 0.15) is 35.9 Å². The number of rotatable bonds is 12. The fourth-order valence-corrected chi connectivity index (χ4v) is 5.71. The highest BCUT2D eigenvalue weighted by atomic mass is 35.5. The largest absolute Gasteiger partial charge is 0.393 e. The van der Waals surface area contributed by atoms with Gasteiger partial charge in [-0.05, 0) is 12.8 Å². The van der Waals surface area contributed by atoms with Crippen molar-refractivity contribution in [2.45, 2.75) is 68.2 Å². The van der Waals surface area contributed by atoms with E-state index in [1.807, 2.05) is 0 Å². The number of pyridine rings is 1. The first-order valence-electron chi connectivity index (χ1n) is 12.5. The zero-order valence-corrected chi connectivity index (χ0v) is 22.7. The Morgan fingerprint density at radius 1 is 1.27 bits per heavy atom. The molecule has 3 aromatic rings. The van der Waals surface area contributed by atoms with Crippen molar-refractivity contribution in [3.05, 3.63) is 23.2 Å². The summed E-state index contributed by atoms with van der Waals surface area (Å²) in [5.74, 6) is 0.658. The molecule has 1 aliphatic carbocycles. The van der Waals surface area contributed by atoms with Gasteiger partial charge in [0.25, 0.3) is 0 Å². The smallest absolute Gasteiger partial charge is 0.361 e. The van der Waals surface area contributed by atoms with Crippen LogP contribution in [0.3, 0.4) is 0 Å². The Kier molecular flexibility index (Phi) is 8.68. The van der Waals surface area contributed by atoms with E-state index >= 15 is 0 Å². The molecule has 0 radical (unpaired) electrons. The number of anilines is 1. The Balaban J connectivity index is 1.31. The molecule has 17 nitrogen and oxygen atoms in total. The summed E-state index contributed by atoms with van der Waals surface area (Å²) in [4.78, 5) is 24.3. The fraction of sp³-hybridized carbons (Fsp3) is 0.667. The van der Waals surface area contributed by atoms with Crippen molar-refractivity contribution in [2.24, 2.45) is 0 Å². The molecule has 2 unspecified atom stereocenters. The van der Waals surface area contributed by atoms with Gasteiger partial charge in [-0.1, -0.05) is 29.7 Å². The highest BCUT2D eigenvalue weighted by Crippen LogP contribution is 2.51. The Morgan fingerprint density at radius 2 is 2.05 bits per heavy atom. The number of aromatic amines is 1. The molecule has 5 rings (SSSR count). The molecule has 3 aromatic heterocycles. The number of ether oxygens (including phenoxy) is 3. The van der Waals surface area contributed by atoms with Crippen LogP contribution in [-0.4, -0.2) is 110 Å².